The number of phenols is 1. The minimum Gasteiger partial charge on any atom is -0.503 e. The molecule has 16 heavy (non-hydrogen) atoms. The van der Waals surface area contributed by atoms with Gasteiger partial charge in [-0.05, 0) is 34.8 Å². The molecule has 0 amide bonds. The van der Waals surface area contributed by atoms with E-state index in [9.17, 15) is 5.11 Å². The lowest BCUT2D eigenvalue weighted by Gasteiger charge is -2.26. The Kier molecular flexibility index (Phi) is 3.13. The van der Waals surface area contributed by atoms with Crippen molar-refractivity contribution in [1.29, 1.82) is 0 Å². The zero-order chi connectivity index (χ0) is 11.8. The predicted molar refractivity (Wildman–Crippen MR) is 66.7 cm³/mol. The van der Waals surface area contributed by atoms with Gasteiger partial charge < -0.3 is 15.6 Å². The van der Waals surface area contributed by atoms with Crippen molar-refractivity contribution in [3.8, 4) is 11.5 Å². The van der Waals surface area contributed by atoms with Gasteiger partial charge in [-0.25, -0.2) is 0 Å². The number of rotatable bonds is 2. The Balaban J connectivity index is 2.52. The molecule has 1 fully saturated rings. The monoisotopic (exact) mass is 285 g/mol. The van der Waals surface area contributed by atoms with Gasteiger partial charge in [0.05, 0.1) is 11.6 Å². The van der Waals surface area contributed by atoms with Gasteiger partial charge in [-0.3, -0.25) is 0 Å². The van der Waals surface area contributed by atoms with Crippen LogP contribution < -0.4 is 10.5 Å². The lowest BCUT2D eigenvalue weighted by molar-refractivity contribution is 0.348. The second kappa shape index (κ2) is 4.26. The van der Waals surface area contributed by atoms with Gasteiger partial charge in [0.1, 0.15) is 0 Å². The van der Waals surface area contributed by atoms with Gasteiger partial charge in [-0.2, -0.15) is 0 Å². The molecule has 4 heteroatoms. The summed E-state index contributed by atoms with van der Waals surface area (Å²) in [6, 6.07) is 3.76. The topological polar surface area (TPSA) is 55.5 Å². The van der Waals surface area contributed by atoms with Crippen molar-refractivity contribution in [2.45, 2.75) is 31.2 Å². The fraction of sp³-hybridized carbons (Fsp3) is 0.500. The summed E-state index contributed by atoms with van der Waals surface area (Å²) in [6.45, 7) is 0. The molecule has 0 bridgehead atoms. The molecule has 2 rings (SSSR count). The maximum absolute atomic E-state index is 9.93. The van der Waals surface area contributed by atoms with E-state index >= 15 is 0 Å². The average Bonchev–Trinajstić information content (AvgIpc) is 2.70. The smallest absolute Gasteiger partial charge is 0.172 e. The standard InChI is InChI=1S/C12H16BrNO2/c1-16-11-8(4-5-9(13)10(11)15)12(14)6-2-3-7-12/h4-5,15H,2-3,6-7,14H2,1H3. The summed E-state index contributed by atoms with van der Waals surface area (Å²) in [5, 5.41) is 9.93. The quantitative estimate of drug-likeness (QED) is 0.879. The zero-order valence-corrected chi connectivity index (χ0v) is 10.9. The van der Waals surface area contributed by atoms with Gasteiger partial charge in [0, 0.05) is 11.1 Å². The lowest BCUT2D eigenvalue weighted by Crippen LogP contribution is -2.33. The third-order valence-corrected chi connectivity index (χ3v) is 3.96. The summed E-state index contributed by atoms with van der Waals surface area (Å²) >= 11 is 3.28. The van der Waals surface area contributed by atoms with Crippen LogP contribution in [0.3, 0.4) is 0 Å². The van der Waals surface area contributed by atoms with Crippen LogP contribution in [0.1, 0.15) is 31.2 Å². The van der Waals surface area contributed by atoms with Crippen molar-refractivity contribution in [3.05, 3.63) is 22.2 Å². The Labute approximate surface area is 104 Å². The van der Waals surface area contributed by atoms with Crippen LogP contribution in [0, 0.1) is 0 Å². The van der Waals surface area contributed by atoms with Gasteiger partial charge in [0.25, 0.3) is 0 Å². The molecular weight excluding hydrogens is 270 g/mol. The van der Waals surface area contributed by atoms with Crippen molar-refractivity contribution in [2.75, 3.05) is 7.11 Å². The maximum atomic E-state index is 9.93. The number of hydrogen-bond donors (Lipinski definition) is 2. The number of nitrogens with two attached hydrogens (primary N) is 1. The third-order valence-electron chi connectivity index (χ3n) is 3.32. The molecule has 0 spiro atoms. The average molecular weight is 286 g/mol. The van der Waals surface area contributed by atoms with E-state index in [0.29, 0.717) is 10.2 Å². The van der Waals surface area contributed by atoms with Crippen molar-refractivity contribution in [1.82, 2.24) is 0 Å². The highest BCUT2D eigenvalue weighted by molar-refractivity contribution is 9.10. The minimum atomic E-state index is -0.344. The van der Waals surface area contributed by atoms with Gasteiger partial charge in [0.15, 0.2) is 11.5 Å². The summed E-state index contributed by atoms with van der Waals surface area (Å²) in [7, 11) is 1.56. The van der Waals surface area contributed by atoms with Crippen molar-refractivity contribution < 1.29 is 9.84 Å². The summed E-state index contributed by atoms with van der Waals surface area (Å²) in [5.41, 5.74) is 6.94. The molecule has 1 saturated carbocycles. The molecule has 0 aliphatic heterocycles. The van der Waals surface area contributed by atoms with E-state index in [-0.39, 0.29) is 11.3 Å². The van der Waals surface area contributed by atoms with Gasteiger partial charge in [-0.1, -0.05) is 18.9 Å². The number of phenolic OH excluding ortho intramolecular Hbond substituents is 1. The Morgan fingerprint density at radius 1 is 1.38 bits per heavy atom. The molecule has 0 saturated heterocycles. The molecule has 1 aliphatic rings. The molecule has 0 aromatic heterocycles. The Morgan fingerprint density at radius 2 is 2.00 bits per heavy atom. The molecule has 0 radical (unpaired) electrons. The molecule has 1 aromatic carbocycles. The van der Waals surface area contributed by atoms with E-state index in [2.05, 4.69) is 15.9 Å². The normalized spacial score (nSPS) is 18.7. The van der Waals surface area contributed by atoms with E-state index in [4.69, 9.17) is 10.5 Å². The van der Waals surface area contributed by atoms with Crippen LogP contribution >= 0.6 is 15.9 Å². The molecular formula is C12H16BrNO2. The minimum absolute atomic E-state index is 0.136. The van der Waals surface area contributed by atoms with Crippen LogP contribution in [0.25, 0.3) is 0 Å². The summed E-state index contributed by atoms with van der Waals surface area (Å²) < 4.78 is 5.91. The first-order chi connectivity index (χ1) is 7.58. The van der Waals surface area contributed by atoms with E-state index < -0.39 is 0 Å². The first-order valence-corrected chi connectivity index (χ1v) is 6.22. The highest BCUT2D eigenvalue weighted by atomic mass is 79.9. The van der Waals surface area contributed by atoms with Crippen LogP contribution in [-0.2, 0) is 5.54 Å². The summed E-state index contributed by atoms with van der Waals surface area (Å²) in [4.78, 5) is 0. The molecule has 0 atom stereocenters. The Bertz CT molecular complexity index is 400. The second-order valence-corrected chi connectivity index (χ2v) is 5.19. The summed E-state index contributed by atoms with van der Waals surface area (Å²) in [5.74, 6) is 0.635. The first kappa shape index (κ1) is 11.7. The van der Waals surface area contributed by atoms with Crippen LogP contribution in [0.5, 0.6) is 11.5 Å². The number of benzene rings is 1. The van der Waals surface area contributed by atoms with E-state index in [1.807, 2.05) is 12.1 Å². The highest BCUT2D eigenvalue weighted by Gasteiger charge is 2.35. The number of methoxy groups -OCH3 is 1. The van der Waals surface area contributed by atoms with Gasteiger partial charge in [0.2, 0.25) is 0 Å². The molecule has 88 valence electrons. The molecule has 3 N–H and O–H groups in total. The SMILES string of the molecule is COc1c(C2(N)CCCC2)ccc(Br)c1O. The third kappa shape index (κ3) is 1.80. The first-order valence-electron chi connectivity index (χ1n) is 5.43. The van der Waals surface area contributed by atoms with Gasteiger partial charge >= 0.3 is 0 Å². The molecule has 1 aromatic rings. The molecule has 1 aliphatic carbocycles. The Morgan fingerprint density at radius 3 is 2.56 bits per heavy atom. The number of ether oxygens (including phenoxy) is 1. The largest absolute Gasteiger partial charge is 0.503 e. The van der Waals surface area contributed by atoms with Crippen LogP contribution in [0.15, 0.2) is 16.6 Å². The Hall–Kier alpha value is -0.740. The van der Waals surface area contributed by atoms with Crippen molar-refractivity contribution in [2.24, 2.45) is 5.73 Å². The highest BCUT2D eigenvalue weighted by Crippen LogP contribution is 2.46. The molecule has 0 unspecified atom stereocenters. The zero-order valence-electron chi connectivity index (χ0n) is 9.29. The van der Waals surface area contributed by atoms with E-state index in [0.717, 1.165) is 31.2 Å². The lowest BCUT2D eigenvalue weighted by atomic mass is 9.88. The predicted octanol–water partition coefficient (Wildman–Crippen LogP) is 2.89. The summed E-state index contributed by atoms with van der Waals surface area (Å²) in [6.07, 6.45) is 4.17. The van der Waals surface area contributed by atoms with E-state index in [1.165, 1.54) is 0 Å². The van der Waals surface area contributed by atoms with Crippen molar-refractivity contribution >= 4 is 15.9 Å². The second-order valence-electron chi connectivity index (χ2n) is 4.34. The van der Waals surface area contributed by atoms with Crippen LogP contribution in [0.4, 0.5) is 0 Å². The fourth-order valence-corrected chi connectivity index (χ4v) is 2.73. The maximum Gasteiger partial charge on any atom is 0.172 e. The molecule has 3 nitrogen and oxygen atoms in total. The number of aromatic hydroxyl groups is 1. The van der Waals surface area contributed by atoms with E-state index in [1.54, 1.807) is 7.11 Å². The number of halogens is 1. The van der Waals surface area contributed by atoms with Gasteiger partial charge in [-0.15, -0.1) is 0 Å². The number of hydrogen-bond acceptors (Lipinski definition) is 3. The van der Waals surface area contributed by atoms with Crippen molar-refractivity contribution in [3.63, 3.8) is 0 Å². The van der Waals surface area contributed by atoms with Crippen LogP contribution in [-0.4, -0.2) is 12.2 Å². The van der Waals surface area contributed by atoms with Crippen LogP contribution in [0.2, 0.25) is 0 Å². The fourth-order valence-electron chi connectivity index (χ4n) is 2.42. The molecule has 0 heterocycles.